The first kappa shape index (κ1) is 18.7. The SMILES string of the molecule is CCc1nc2n(n1)CC(NC(=O)c1ccc(Cl)c(NS(C)(=O)=O)c1)CC2. The molecular weight excluding hydrogens is 378 g/mol. The largest absolute Gasteiger partial charge is 0.347 e. The number of amides is 1. The molecule has 1 atom stereocenters. The summed E-state index contributed by atoms with van der Waals surface area (Å²) in [4.78, 5) is 17.0. The minimum Gasteiger partial charge on any atom is -0.347 e. The lowest BCUT2D eigenvalue weighted by atomic mass is 10.1. The third-order valence-electron chi connectivity index (χ3n) is 4.08. The number of nitrogens with one attached hydrogen (secondary N) is 2. The van der Waals surface area contributed by atoms with Crippen LogP contribution in [0.2, 0.25) is 5.02 Å². The topological polar surface area (TPSA) is 106 Å². The van der Waals surface area contributed by atoms with Crippen molar-refractivity contribution in [3.63, 3.8) is 0 Å². The van der Waals surface area contributed by atoms with E-state index < -0.39 is 10.0 Å². The van der Waals surface area contributed by atoms with Gasteiger partial charge in [-0.25, -0.2) is 18.1 Å². The maximum Gasteiger partial charge on any atom is 0.251 e. The van der Waals surface area contributed by atoms with Gasteiger partial charge in [0.05, 0.1) is 23.5 Å². The highest BCUT2D eigenvalue weighted by Crippen LogP contribution is 2.24. The Morgan fingerprint density at radius 2 is 2.19 bits per heavy atom. The van der Waals surface area contributed by atoms with E-state index in [1.165, 1.54) is 12.1 Å². The monoisotopic (exact) mass is 397 g/mol. The van der Waals surface area contributed by atoms with Crippen molar-refractivity contribution in [1.82, 2.24) is 20.1 Å². The zero-order chi connectivity index (χ0) is 18.9. The van der Waals surface area contributed by atoms with Gasteiger partial charge >= 0.3 is 0 Å². The van der Waals surface area contributed by atoms with E-state index in [-0.39, 0.29) is 22.7 Å². The number of hydrogen-bond donors (Lipinski definition) is 2. The molecule has 0 bridgehead atoms. The summed E-state index contributed by atoms with van der Waals surface area (Å²) >= 11 is 5.99. The van der Waals surface area contributed by atoms with Crippen LogP contribution in [-0.2, 0) is 29.4 Å². The van der Waals surface area contributed by atoms with E-state index in [2.05, 4.69) is 20.1 Å². The number of anilines is 1. The van der Waals surface area contributed by atoms with E-state index >= 15 is 0 Å². The van der Waals surface area contributed by atoms with Crippen molar-refractivity contribution in [2.24, 2.45) is 0 Å². The summed E-state index contributed by atoms with van der Waals surface area (Å²) in [6.07, 6.45) is 3.32. The molecule has 10 heteroatoms. The normalized spacial score (nSPS) is 16.8. The fourth-order valence-corrected chi connectivity index (χ4v) is 3.63. The van der Waals surface area contributed by atoms with Gasteiger partial charge in [0.15, 0.2) is 5.82 Å². The highest BCUT2D eigenvalue weighted by Gasteiger charge is 2.23. The Kier molecular flexibility index (Phi) is 5.19. The van der Waals surface area contributed by atoms with E-state index in [0.29, 0.717) is 12.1 Å². The van der Waals surface area contributed by atoms with E-state index in [4.69, 9.17) is 11.6 Å². The molecule has 1 aliphatic heterocycles. The number of aromatic nitrogens is 3. The lowest BCUT2D eigenvalue weighted by Crippen LogP contribution is -2.41. The van der Waals surface area contributed by atoms with Crippen LogP contribution in [0.4, 0.5) is 5.69 Å². The molecule has 1 unspecified atom stereocenters. The molecule has 0 saturated heterocycles. The number of nitrogens with zero attached hydrogens (tertiary/aromatic N) is 3. The minimum absolute atomic E-state index is 0.0663. The molecular formula is C16H20ClN5O3S. The van der Waals surface area contributed by atoms with Crippen LogP contribution in [-0.4, -0.2) is 41.4 Å². The summed E-state index contributed by atoms with van der Waals surface area (Å²) in [6, 6.07) is 4.42. The minimum atomic E-state index is -3.49. The summed E-state index contributed by atoms with van der Waals surface area (Å²) in [5.41, 5.74) is 0.510. The second-order valence-corrected chi connectivity index (χ2v) is 8.41. The fraction of sp³-hybridized carbons (Fsp3) is 0.438. The highest BCUT2D eigenvalue weighted by atomic mass is 35.5. The smallest absolute Gasteiger partial charge is 0.251 e. The average molecular weight is 398 g/mol. The Morgan fingerprint density at radius 3 is 2.88 bits per heavy atom. The van der Waals surface area contributed by atoms with E-state index in [0.717, 1.165) is 37.2 Å². The molecule has 1 aromatic heterocycles. The van der Waals surface area contributed by atoms with Crippen LogP contribution >= 0.6 is 11.6 Å². The Labute approximate surface area is 157 Å². The molecule has 3 rings (SSSR count). The van der Waals surface area contributed by atoms with Gasteiger partial charge in [-0.15, -0.1) is 0 Å². The van der Waals surface area contributed by atoms with Gasteiger partial charge in [-0.1, -0.05) is 18.5 Å². The van der Waals surface area contributed by atoms with Crippen molar-refractivity contribution in [3.05, 3.63) is 40.4 Å². The first-order valence-electron chi connectivity index (χ1n) is 8.26. The fourth-order valence-electron chi connectivity index (χ4n) is 2.84. The second kappa shape index (κ2) is 7.24. The number of hydrogen-bond acceptors (Lipinski definition) is 5. The van der Waals surface area contributed by atoms with Gasteiger partial charge in [0.25, 0.3) is 5.91 Å². The number of fused-ring (bicyclic) bond motifs is 1. The lowest BCUT2D eigenvalue weighted by molar-refractivity contribution is 0.0926. The van der Waals surface area contributed by atoms with Crippen molar-refractivity contribution in [3.8, 4) is 0 Å². The van der Waals surface area contributed by atoms with Gasteiger partial charge in [0, 0.05) is 24.4 Å². The van der Waals surface area contributed by atoms with Gasteiger partial charge in [-0.2, -0.15) is 5.10 Å². The predicted octanol–water partition coefficient (Wildman–Crippen LogP) is 1.61. The average Bonchev–Trinajstić information content (AvgIpc) is 2.98. The number of benzene rings is 1. The Morgan fingerprint density at radius 1 is 1.42 bits per heavy atom. The van der Waals surface area contributed by atoms with E-state index in [1.54, 1.807) is 6.07 Å². The molecule has 140 valence electrons. The summed E-state index contributed by atoms with van der Waals surface area (Å²) in [7, 11) is -3.49. The highest BCUT2D eigenvalue weighted by molar-refractivity contribution is 7.92. The number of carbonyl (C=O) groups excluding carboxylic acids is 1. The maximum atomic E-state index is 12.5. The molecule has 0 saturated carbocycles. The number of sulfonamides is 1. The quantitative estimate of drug-likeness (QED) is 0.797. The molecule has 0 aliphatic carbocycles. The Bertz CT molecular complexity index is 941. The number of halogens is 1. The zero-order valence-corrected chi connectivity index (χ0v) is 16.1. The van der Waals surface area contributed by atoms with Gasteiger partial charge in [0.1, 0.15) is 5.82 Å². The second-order valence-electron chi connectivity index (χ2n) is 6.26. The molecule has 1 aliphatic rings. The van der Waals surface area contributed by atoms with Crippen molar-refractivity contribution in [2.75, 3.05) is 11.0 Å². The van der Waals surface area contributed by atoms with Crippen LogP contribution in [0.3, 0.4) is 0 Å². The summed E-state index contributed by atoms with van der Waals surface area (Å²) in [5.74, 6) is 1.46. The van der Waals surface area contributed by atoms with Crippen LogP contribution in [0, 0.1) is 0 Å². The van der Waals surface area contributed by atoms with E-state index in [1.807, 2.05) is 11.6 Å². The summed E-state index contributed by atoms with van der Waals surface area (Å²) in [6.45, 7) is 2.57. The molecule has 8 nitrogen and oxygen atoms in total. The first-order chi connectivity index (χ1) is 12.2. The van der Waals surface area contributed by atoms with Gasteiger partial charge in [-0.3, -0.25) is 9.52 Å². The number of rotatable bonds is 5. The summed E-state index contributed by atoms with van der Waals surface area (Å²) in [5, 5.41) is 7.62. The number of carbonyl (C=O) groups is 1. The van der Waals surface area contributed by atoms with Crippen LogP contribution in [0.1, 0.15) is 35.4 Å². The van der Waals surface area contributed by atoms with E-state index in [9.17, 15) is 13.2 Å². The third kappa shape index (κ3) is 4.34. The lowest BCUT2D eigenvalue weighted by Gasteiger charge is -2.23. The Hall–Kier alpha value is -2.13. The first-order valence-corrected chi connectivity index (χ1v) is 10.5. The summed E-state index contributed by atoms with van der Waals surface area (Å²) < 4.78 is 27.0. The molecule has 2 aromatic rings. The predicted molar refractivity (Wildman–Crippen MR) is 98.9 cm³/mol. The molecule has 2 N–H and O–H groups in total. The van der Waals surface area contributed by atoms with Gasteiger partial charge < -0.3 is 5.32 Å². The van der Waals surface area contributed by atoms with Crippen LogP contribution in [0.15, 0.2) is 18.2 Å². The molecule has 0 fully saturated rings. The van der Waals surface area contributed by atoms with Gasteiger partial charge in [0.2, 0.25) is 10.0 Å². The van der Waals surface area contributed by atoms with Crippen molar-refractivity contribution in [1.29, 1.82) is 0 Å². The Balaban J connectivity index is 1.71. The van der Waals surface area contributed by atoms with Crippen molar-refractivity contribution in [2.45, 2.75) is 38.8 Å². The standard InChI is InChI=1S/C16H20ClN5O3S/c1-3-14-19-15-7-5-11(9-22(15)20-14)18-16(23)10-4-6-12(17)13(8-10)21-26(2,24)25/h4,6,8,11,21H,3,5,7,9H2,1-2H3,(H,18,23). The molecule has 0 spiro atoms. The zero-order valence-electron chi connectivity index (χ0n) is 14.5. The third-order valence-corrected chi connectivity index (χ3v) is 5.00. The van der Waals surface area contributed by atoms with Crippen LogP contribution in [0.5, 0.6) is 0 Å². The molecule has 2 heterocycles. The molecule has 0 radical (unpaired) electrons. The molecule has 26 heavy (non-hydrogen) atoms. The van der Waals surface area contributed by atoms with Gasteiger partial charge in [-0.05, 0) is 24.6 Å². The molecule has 1 aromatic carbocycles. The van der Waals surface area contributed by atoms with Crippen molar-refractivity contribution >= 4 is 33.2 Å². The van der Waals surface area contributed by atoms with Crippen LogP contribution in [0.25, 0.3) is 0 Å². The maximum absolute atomic E-state index is 12.5. The van der Waals surface area contributed by atoms with Crippen molar-refractivity contribution < 1.29 is 13.2 Å². The molecule has 1 amide bonds. The van der Waals surface area contributed by atoms with Crippen LogP contribution < -0.4 is 10.0 Å². The number of aryl methyl sites for hydroxylation is 2.